The van der Waals surface area contributed by atoms with E-state index in [4.69, 9.17) is 0 Å². The van der Waals surface area contributed by atoms with Gasteiger partial charge in [0.25, 0.3) is 0 Å². The lowest BCUT2D eigenvalue weighted by molar-refractivity contribution is -0.116. The lowest BCUT2D eigenvalue weighted by Gasteiger charge is -2.06. The van der Waals surface area contributed by atoms with Crippen LogP contribution < -0.4 is 5.32 Å². The second kappa shape index (κ2) is 9.32. The molecule has 0 aliphatic rings. The van der Waals surface area contributed by atoms with Crippen LogP contribution in [0.25, 0.3) is 17.0 Å². The van der Waals surface area contributed by atoms with Gasteiger partial charge < -0.3 is 9.88 Å². The average Bonchev–Trinajstić information content (AvgIpc) is 3.17. The largest absolute Gasteiger partial charge is 0.327 e. The first kappa shape index (κ1) is 19.8. The molecule has 1 N–H and O–H groups in total. The Morgan fingerprint density at radius 3 is 2.83 bits per heavy atom. The lowest BCUT2D eigenvalue weighted by atomic mass is 10.2. The summed E-state index contributed by atoms with van der Waals surface area (Å²) in [6.45, 7) is 7.31. The maximum absolute atomic E-state index is 12.3. The molecule has 3 aromatic heterocycles. The van der Waals surface area contributed by atoms with Gasteiger partial charge in [0.2, 0.25) is 5.91 Å². The zero-order valence-corrected chi connectivity index (χ0v) is 16.3. The van der Waals surface area contributed by atoms with E-state index in [1.165, 1.54) is 0 Å². The molecular weight excluding hydrogens is 366 g/mol. The Kier molecular flexibility index (Phi) is 6.36. The summed E-state index contributed by atoms with van der Waals surface area (Å²) < 4.78 is 1.72. The average molecular weight is 387 g/mol. The highest BCUT2D eigenvalue weighted by Crippen LogP contribution is 2.18. The van der Waals surface area contributed by atoms with Crippen molar-refractivity contribution in [3.05, 3.63) is 66.6 Å². The van der Waals surface area contributed by atoms with Crippen molar-refractivity contribution in [1.82, 2.24) is 19.5 Å². The summed E-state index contributed by atoms with van der Waals surface area (Å²) >= 11 is 0. The number of rotatable bonds is 7. The maximum Gasteiger partial charge on any atom is 0.245 e. The molecule has 0 aliphatic heterocycles. The molecule has 0 fully saturated rings. The normalized spacial score (nSPS) is 11.6. The van der Waals surface area contributed by atoms with Gasteiger partial charge in [0.05, 0.1) is 23.9 Å². The van der Waals surface area contributed by atoms with Crippen LogP contribution in [0.4, 0.5) is 5.82 Å². The Labute approximate surface area is 168 Å². The third kappa shape index (κ3) is 5.29. The standard InChI is InChI=1S/C21H21N7O/c1-4-23-18(11-22-3)17-5-6-20(25-10-17)27-21(29)13-28-12-19(26-14-28)16-7-8-24-15(2)9-16/h4-12,14H,3,13H2,1-2H3,(H,25,27,29)/b18-11-,23-4-. The molecule has 3 heterocycles. The first-order valence-corrected chi connectivity index (χ1v) is 8.95. The Bertz CT molecular complexity index is 1060. The highest BCUT2D eigenvalue weighted by Gasteiger charge is 2.08. The predicted molar refractivity (Wildman–Crippen MR) is 115 cm³/mol. The smallest absolute Gasteiger partial charge is 0.245 e. The molecule has 29 heavy (non-hydrogen) atoms. The van der Waals surface area contributed by atoms with Crippen molar-refractivity contribution in [1.29, 1.82) is 0 Å². The van der Waals surface area contributed by atoms with Crippen molar-refractivity contribution < 1.29 is 4.79 Å². The van der Waals surface area contributed by atoms with Gasteiger partial charge in [-0.3, -0.25) is 19.8 Å². The molecule has 0 aromatic carbocycles. The molecule has 8 nitrogen and oxygen atoms in total. The topological polar surface area (TPSA) is 97.4 Å². The number of hydrogen-bond acceptors (Lipinski definition) is 6. The van der Waals surface area contributed by atoms with E-state index in [0.29, 0.717) is 11.5 Å². The fourth-order valence-corrected chi connectivity index (χ4v) is 2.68. The molecule has 0 unspecified atom stereocenters. The minimum atomic E-state index is -0.199. The van der Waals surface area contributed by atoms with Gasteiger partial charge in [-0.05, 0) is 44.8 Å². The lowest BCUT2D eigenvalue weighted by Crippen LogP contribution is -2.18. The first-order valence-electron chi connectivity index (χ1n) is 8.95. The van der Waals surface area contributed by atoms with Crippen LogP contribution in [0.15, 0.2) is 65.4 Å². The Morgan fingerprint density at radius 2 is 2.14 bits per heavy atom. The summed E-state index contributed by atoms with van der Waals surface area (Å²) in [6.07, 6.45) is 10.0. The Morgan fingerprint density at radius 1 is 1.28 bits per heavy atom. The number of aliphatic imine (C=N–C) groups is 2. The van der Waals surface area contributed by atoms with Gasteiger partial charge in [-0.25, -0.2) is 9.97 Å². The summed E-state index contributed by atoms with van der Waals surface area (Å²) in [5.74, 6) is 0.255. The first-order chi connectivity index (χ1) is 14.1. The highest BCUT2D eigenvalue weighted by atomic mass is 16.2. The van der Waals surface area contributed by atoms with Crippen LogP contribution in [0.2, 0.25) is 0 Å². The number of carbonyl (C=O) groups excluding carboxylic acids is 1. The van der Waals surface area contributed by atoms with Crippen molar-refractivity contribution >= 4 is 30.4 Å². The number of aryl methyl sites for hydroxylation is 1. The molecule has 0 saturated heterocycles. The van der Waals surface area contributed by atoms with E-state index in [0.717, 1.165) is 22.5 Å². The van der Waals surface area contributed by atoms with Crippen molar-refractivity contribution in [2.45, 2.75) is 20.4 Å². The minimum Gasteiger partial charge on any atom is -0.327 e. The third-order valence-corrected chi connectivity index (χ3v) is 3.96. The molecule has 0 atom stereocenters. The molecule has 8 heteroatoms. The van der Waals surface area contributed by atoms with Gasteiger partial charge >= 0.3 is 0 Å². The quantitative estimate of drug-likeness (QED) is 0.629. The summed E-state index contributed by atoms with van der Waals surface area (Å²) in [6, 6.07) is 7.37. The number of hydrogen-bond donors (Lipinski definition) is 1. The van der Waals surface area contributed by atoms with Crippen LogP contribution in [-0.4, -0.2) is 38.4 Å². The van der Waals surface area contributed by atoms with E-state index >= 15 is 0 Å². The number of carbonyl (C=O) groups is 1. The van der Waals surface area contributed by atoms with Gasteiger partial charge in [-0.1, -0.05) is 0 Å². The molecule has 3 aromatic rings. The maximum atomic E-state index is 12.3. The number of nitrogens with one attached hydrogen (secondary N) is 1. The monoisotopic (exact) mass is 387 g/mol. The van der Waals surface area contributed by atoms with Gasteiger partial charge in [-0.15, -0.1) is 0 Å². The Balaban J connectivity index is 1.64. The van der Waals surface area contributed by atoms with Crippen molar-refractivity contribution in [2.75, 3.05) is 5.32 Å². The number of amides is 1. The minimum absolute atomic E-state index is 0.131. The number of aromatic nitrogens is 4. The molecule has 0 radical (unpaired) electrons. The molecule has 0 saturated carbocycles. The number of anilines is 1. The molecule has 0 bridgehead atoms. The van der Waals surface area contributed by atoms with Gasteiger partial charge in [-0.2, -0.15) is 0 Å². The summed E-state index contributed by atoms with van der Waals surface area (Å²) in [7, 11) is 0. The molecular formula is C21H21N7O. The van der Waals surface area contributed by atoms with Crippen LogP contribution in [0.5, 0.6) is 0 Å². The van der Waals surface area contributed by atoms with E-state index in [2.05, 4.69) is 37.0 Å². The number of imidazole rings is 1. The summed E-state index contributed by atoms with van der Waals surface area (Å²) in [5, 5.41) is 2.78. The third-order valence-electron chi connectivity index (χ3n) is 3.96. The van der Waals surface area contributed by atoms with Crippen LogP contribution in [0.1, 0.15) is 18.2 Å². The second-order valence-electron chi connectivity index (χ2n) is 6.18. The molecule has 3 rings (SSSR count). The SMILES string of the molecule is C=N/C=C(\N=C/C)c1ccc(NC(=O)Cn2cnc(-c3ccnc(C)c3)c2)nc1. The summed E-state index contributed by atoms with van der Waals surface area (Å²) in [4.78, 5) is 33.1. The zero-order chi connectivity index (χ0) is 20.6. The zero-order valence-electron chi connectivity index (χ0n) is 16.3. The van der Waals surface area contributed by atoms with Gasteiger partial charge in [0.15, 0.2) is 0 Å². The van der Waals surface area contributed by atoms with E-state index < -0.39 is 0 Å². The molecule has 1 amide bonds. The predicted octanol–water partition coefficient (Wildman–Crippen LogP) is 3.38. The van der Waals surface area contributed by atoms with Gasteiger partial charge in [0, 0.05) is 41.6 Å². The fraction of sp³-hybridized carbons (Fsp3) is 0.143. The van der Waals surface area contributed by atoms with Gasteiger partial charge in [0.1, 0.15) is 12.4 Å². The number of nitrogens with zero attached hydrogens (tertiary/aromatic N) is 6. The molecule has 0 spiro atoms. The van der Waals surface area contributed by atoms with Crippen LogP contribution in [0.3, 0.4) is 0 Å². The highest BCUT2D eigenvalue weighted by molar-refractivity contribution is 5.89. The van der Waals surface area contributed by atoms with E-state index in [1.807, 2.05) is 38.2 Å². The van der Waals surface area contributed by atoms with E-state index in [9.17, 15) is 4.79 Å². The van der Waals surface area contributed by atoms with E-state index in [1.54, 1.807) is 41.8 Å². The number of pyridine rings is 2. The van der Waals surface area contributed by atoms with Crippen LogP contribution in [-0.2, 0) is 11.3 Å². The van der Waals surface area contributed by atoms with Crippen molar-refractivity contribution in [2.24, 2.45) is 9.98 Å². The summed E-state index contributed by atoms with van der Waals surface area (Å²) in [5.41, 5.74) is 4.08. The molecule has 146 valence electrons. The fourth-order valence-electron chi connectivity index (χ4n) is 2.68. The Hall–Kier alpha value is -3.94. The van der Waals surface area contributed by atoms with Crippen LogP contribution in [0, 0.1) is 6.92 Å². The van der Waals surface area contributed by atoms with Crippen molar-refractivity contribution in [3.63, 3.8) is 0 Å². The second-order valence-corrected chi connectivity index (χ2v) is 6.18. The van der Waals surface area contributed by atoms with Crippen LogP contribution >= 0.6 is 0 Å². The van der Waals surface area contributed by atoms with E-state index in [-0.39, 0.29) is 12.5 Å². The van der Waals surface area contributed by atoms with Crippen molar-refractivity contribution in [3.8, 4) is 11.3 Å². The molecule has 0 aliphatic carbocycles.